The first-order chi connectivity index (χ1) is 12.8. The number of fused-ring (bicyclic) bond motifs is 2. The Morgan fingerprint density at radius 3 is 3.00 bits per heavy atom. The molecule has 3 aliphatic heterocycles. The van der Waals surface area contributed by atoms with Gasteiger partial charge in [0.2, 0.25) is 0 Å². The number of ether oxygens (including phenoxy) is 1. The van der Waals surface area contributed by atoms with Gasteiger partial charge in [-0.3, -0.25) is 0 Å². The number of halogens is 1. The van der Waals surface area contributed by atoms with E-state index in [-0.39, 0.29) is 16.8 Å². The standard InChI is InChI=1S/C20H28ClN5O/c1-20(2)16-4-3-14(7-12(16)5-6-25-20)27-15-8-13-10-24-19(23)17(9-18(21)22)26(13)11-15/h3-4,7,9,13,15,24-25H,5-6,8,10-11,22-23H2,1-2H3/b18-9-. The summed E-state index contributed by atoms with van der Waals surface area (Å²) in [6.45, 7) is 7.01. The molecule has 0 spiro atoms. The number of hydrogen-bond donors (Lipinski definition) is 4. The highest BCUT2D eigenvalue weighted by atomic mass is 35.5. The Kier molecular flexibility index (Phi) is 4.64. The summed E-state index contributed by atoms with van der Waals surface area (Å²) < 4.78 is 6.35. The lowest BCUT2D eigenvalue weighted by molar-refractivity contribution is 0.209. The van der Waals surface area contributed by atoms with Gasteiger partial charge in [-0.1, -0.05) is 17.7 Å². The highest BCUT2D eigenvalue weighted by Gasteiger charge is 2.37. The Balaban J connectivity index is 1.50. The number of rotatable bonds is 3. The van der Waals surface area contributed by atoms with Crippen LogP contribution >= 0.6 is 11.6 Å². The number of allylic oxidation sites excluding steroid dienone is 1. The molecule has 1 fully saturated rings. The van der Waals surface area contributed by atoms with E-state index in [1.165, 1.54) is 11.1 Å². The first-order valence-electron chi connectivity index (χ1n) is 9.51. The van der Waals surface area contributed by atoms with Crippen molar-refractivity contribution in [2.75, 3.05) is 19.6 Å². The summed E-state index contributed by atoms with van der Waals surface area (Å²) in [5, 5.41) is 7.03. The van der Waals surface area contributed by atoms with Crippen LogP contribution in [0.1, 0.15) is 31.4 Å². The molecule has 0 radical (unpaired) electrons. The Hall–Kier alpha value is -2.05. The van der Waals surface area contributed by atoms with E-state index in [9.17, 15) is 0 Å². The molecule has 2 unspecified atom stereocenters. The molecule has 0 bridgehead atoms. The molecule has 146 valence electrons. The predicted molar refractivity (Wildman–Crippen MR) is 108 cm³/mol. The molecule has 1 saturated heterocycles. The quantitative estimate of drug-likeness (QED) is 0.588. The molecule has 3 heterocycles. The van der Waals surface area contributed by atoms with Crippen molar-refractivity contribution in [3.05, 3.63) is 52.1 Å². The van der Waals surface area contributed by atoms with Crippen LogP contribution in [-0.4, -0.2) is 36.7 Å². The van der Waals surface area contributed by atoms with Crippen molar-refractivity contribution in [2.45, 2.75) is 44.4 Å². The van der Waals surface area contributed by atoms with Crippen LogP contribution < -0.4 is 26.8 Å². The molecule has 0 aliphatic carbocycles. The Labute approximate surface area is 165 Å². The van der Waals surface area contributed by atoms with Crippen molar-refractivity contribution in [2.24, 2.45) is 11.5 Å². The molecule has 0 aromatic heterocycles. The van der Waals surface area contributed by atoms with Gasteiger partial charge in [0, 0.05) is 18.5 Å². The van der Waals surface area contributed by atoms with Gasteiger partial charge in [0.25, 0.3) is 0 Å². The van der Waals surface area contributed by atoms with E-state index < -0.39 is 0 Å². The van der Waals surface area contributed by atoms with Crippen LogP contribution in [-0.2, 0) is 12.0 Å². The van der Waals surface area contributed by atoms with Crippen molar-refractivity contribution < 1.29 is 4.74 Å². The summed E-state index contributed by atoms with van der Waals surface area (Å²) in [6, 6.07) is 6.81. The van der Waals surface area contributed by atoms with E-state index in [4.69, 9.17) is 27.8 Å². The molecule has 1 aromatic carbocycles. The largest absolute Gasteiger partial charge is 0.488 e. The maximum atomic E-state index is 6.35. The molecular weight excluding hydrogens is 362 g/mol. The highest BCUT2D eigenvalue weighted by Crippen LogP contribution is 2.33. The number of hydrogen-bond acceptors (Lipinski definition) is 6. The lowest BCUT2D eigenvalue weighted by Crippen LogP contribution is -2.45. The molecular formula is C20H28ClN5O. The highest BCUT2D eigenvalue weighted by molar-refractivity contribution is 6.29. The second kappa shape index (κ2) is 6.84. The molecule has 3 aliphatic rings. The van der Waals surface area contributed by atoms with Crippen LogP contribution in [0.2, 0.25) is 0 Å². The summed E-state index contributed by atoms with van der Waals surface area (Å²) in [7, 11) is 0. The van der Waals surface area contributed by atoms with Gasteiger partial charge in [-0.25, -0.2) is 0 Å². The van der Waals surface area contributed by atoms with Gasteiger partial charge in [0.1, 0.15) is 22.8 Å². The summed E-state index contributed by atoms with van der Waals surface area (Å²) in [4.78, 5) is 2.25. The molecule has 6 nitrogen and oxygen atoms in total. The van der Waals surface area contributed by atoms with Crippen molar-refractivity contribution in [3.63, 3.8) is 0 Å². The smallest absolute Gasteiger partial charge is 0.120 e. The zero-order chi connectivity index (χ0) is 19.2. The summed E-state index contributed by atoms with van der Waals surface area (Å²) in [5.74, 6) is 1.55. The zero-order valence-corrected chi connectivity index (χ0v) is 16.6. The average molecular weight is 390 g/mol. The predicted octanol–water partition coefficient (Wildman–Crippen LogP) is 1.66. The zero-order valence-electron chi connectivity index (χ0n) is 15.9. The number of nitrogens with one attached hydrogen (secondary N) is 2. The van der Waals surface area contributed by atoms with E-state index in [2.05, 4.69) is 47.6 Å². The van der Waals surface area contributed by atoms with Gasteiger partial charge < -0.3 is 31.7 Å². The lowest BCUT2D eigenvalue weighted by atomic mass is 9.85. The van der Waals surface area contributed by atoms with E-state index in [0.717, 1.165) is 43.9 Å². The van der Waals surface area contributed by atoms with E-state index in [1.54, 1.807) is 6.08 Å². The van der Waals surface area contributed by atoms with Gasteiger partial charge in [-0.2, -0.15) is 0 Å². The summed E-state index contributed by atoms with van der Waals surface area (Å²) in [6.07, 6.45) is 3.79. The minimum Gasteiger partial charge on any atom is -0.488 e. The van der Waals surface area contributed by atoms with Crippen LogP contribution in [0.25, 0.3) is 0 Å². The summed E-state index contributed by atoms with van der Waals surface area (Å²) >= 11 is 5.88. The van der Waals surface area contributed by atoms with Crippen molar-refractivity contribution in [1.82, 2.24) is 15.5 Å². The fourth-order valence-corrected chi connectivity index (χ4v) is 4.57. The Morgan fingerprint density at radius 2 is 2.22 bits per heavy atom. The second-order valence-corrected chi connectivity index (χ2v) is 8.55. The first-order valence-corrected chi connectivity index (χ1v) is 9.89. The fraction of sp³-hybridized carbons (Fsp3) is 0.500. The first kappa shape index (κ1) is 18.3. The monoisotopic (exact) mass is 389 g/mol. The second-order valence-electron chi connectivity index (χ2n) is 8.11. The minimum absolute atomic E-state index is 0.0108. The van der Waals surface area contributed by atoms with E-state index >= 15 is 0 Å². The molecule has 2 atom stereocenters. The van der Waals surface area contributed by atoms with Crippen LogP contribution in [0.4, 0.5) is 0 Å². The molecule has 4 rings (SSSR count). The summed E-state index contributed by atoms with van der Waals surface area (Å²) in [5.41, 5.74) is 15.4. The fourth-order valence-electron chi connectivity index (χ4n) is 4.47. The third-order valence-corrected chi connectivity index (χ3v) is 5.89. The van der Waals surface area contributed by atoms with Crippen molar-refractivity contribution in [3.8, 4) is 5.75 Å². The molecule has 7 heteroatoms. The van der Waals surface area contributed by atoms with Crippen molar-refractivity contribution >= 4 is 11.6 Å². The minimum atomic E-state index is 0.0108. The van der Waals surface area contributed by atoms with Gasteiger partial charge in [-0.15, -0.1) is 0 Å². The molecule has 0 amide bonds. The topological polar surface area (TPSA) is 88.6 Å². The van der Waals surface area contributed by atoms with E-state index in [1.807, 2.05) is 0 Å². The molecule has 6 N–H and O–H groups in total. The van der Waals surface area contributed by atoms with Gasteiger partial charge in [-0.05, 0) is 56.1 Å². The Bertz CT molecular complexity index is 800. The maximum Gasteiger partial charge on any atom is 0.120 e. The van der Waals surface area contributed by atoms with Crippen molar-refractivity contribution in [1.29, 1.82) is 0 Å². The van der Waals surface area contributed by atoms with Crippen LogP contribution in [0.15, 0.2) is 40.9 Å². The number of nitrogens with two attached hydrogens (primary N) is 2. The maximum absolute atomic E-state index is 6.35. The van der Waals surface area contributed by atoms with Crippen LogP contribution in [0, 0.1) is 0 Å². The molecule has 1 aromatic rings. The number of nitrogens with zero attached hydrogens (tertiary/aromatic N) is 1. The normalized spacial score (nSPS) is 27.1. The Morgan fingerprint density at radius 1 is 1.41 bits per heavy atom. The van der Waals surface area contributed by atoms with Crippen LogP contribution in [0.5, 0.6) is 5.75 Å². The average Bonchev–Trinajstić information content (AvgIpc) is 2.99. The lowest BCUT2D eigenvalue weighted by Gasteiger charge is -2.34. The van der Waals surface area contributed by atoms with E-state index in [0.29, 0.717) is 11.9 Å². The molecule has 0 saturated carbocycles. The van der Waals surface area contributed by atoms with Gasteiger partial charge in [0.15, 0.2) is 0 Å². The molecule has 27 heavy (non-hydrogen) atoms. The van der Waals surface area contributed by atoms with Crippen LogP contribution in [0.3, 0.4) is 0 Å². The third kappa shape index (κ3) is 3.56. The third-order valence-electron chi connectivity index (χ3n) is 5.78. The number of benzene rings is 1. The van der Waals surface area contributed by atoms with Gasteiger partial charge >= 0.3 is 0 Å². The SMILES string of the molecule is CC1(C)NCCc2cc(OC3CC4CNC(N)=C(/C=C(\N)Cl)N4C3)ccc21. The van der Waals surface area contributed by atoms with Gasteiger partial charge in [0.05, 0.1) is 18.3 Å².